The molecular weight excluding hydrogens is 431 g/mol. The highest BCUT2D eigenvalue weighted by atomic mass is 127. The summed E-state index contributed by atoms with van der Waals surface area (Å²) >= 11 is 0. The Kier molecular flexibility index (Phi) is 8.47. The van der Waals surface area contributed by atoms with Crippen molar-refractivity contribution in [2.45, 2.75) is 13.5 Å². The first-order chi connectivity index (χ1) is 11.5. The molecule has 1 saturated heterocycles. The molecule has 1 aliphatic heterocycles. The van der Waals surface area contributed by atoms with E-state index in [1.807, 2.05) is 14.1 Å². The molecule has 1 aliphatic rings. The Morgan fingerprint density at radius 1 is 1.40 bits per heavy atom. The van der Waals surface area contributed by atoms with Gasteiger partial charge in [-0.2, -0.15) is 0 Å². The Labute approximate surface area is 167 Å². The van der Waals surface area contributed by atoms with Gasteiger partial charge < -0.3 is 19.9 Å². The van der Waals surface area contributed by atoms with Gasteiger partial charge in [0, 0.05) is 46.5 Å². The summed E-state index contributed by atoms with van der Waals surface area (Å²) in [5.74, 6) is 0.848. The number of ether oxygens (including phenoxy) is 1. The van der Waals surface area contributed by atoms with Crippen molar-refractivity contribution in [2.24, 2.45) is 16.8 Å². The van der Waals surface area contributed by atoms with Gasteiger partial charge in [-0.25, -0.2) is 0 Å². The first-order valence-corrected chi connectivity index (χ1v) is 8.26. The van der Waals surface area contributed by atoms with Gasteiger partial charge in [-0.15, -0.1) is 24.0 Å². The molecule has 0 aliphatic carbocycles. The molecule has 1 heterocycles. The van der Waals surface area contributed by atoms with Gasteiger partial charge in [0.1, 0.15) is 0 Å². The van der Waals surface area contributed by atoms with E-state index in [2.05, 4.69) is 51.3 Å². The van der Waals surface area contributed by atoms with Gasteiger partial charge in [0.2, 0.25) is 0 Å². The van der Waals surface area contributed by atoms with Crippen LogP contribution in [0.5, 0.6) is 0 Å². The van der Waals surface area contributed by atoms with Crippen molar-refractivity contribution < 1.29 is 9.53 Å². The van der Waals surface area contributed by atoms with Crippen molar-refractivity contribution in [3.8, 4) is 0 Å². The molecule has 1 N–H and O–H groups in total. The van der Waals surface area contributed by atoms with Crippen LogP contribution in [0, 0.1) is 11.8 Å². The van der Waals surface area contributed by atoms with Crippen LogP contribution in [0.15, 0.2) is 29.3 Å². The number of hydrogen-bond acceptors (Lipinski definition) is 4. The zero-order chi connectivity index (χ0) is 17.7. The number of rotatable bonds is 4. The molecule has 25 heavy (non-hydrogen) atoms. The lowest BCUT2D eigenvalue weighted by molar-refractivity contribution is -0.145. The highest BCUT2D eigenvalue weighted by Gasteiger charge is 2.36. The number of anilines is 1. The average Bonchev–Trinajstić information content (AvgIpc) is 2.96. The zero-order valence-corrected chi connectivity index (χ0v) is 18.0. The third-order valence-corrected chi connectivity index (χ3v) is 4.51. The molecule has 1 aromatic carbocycles. The minimum atomic E-state index is -0.140. The van der Waals surface area contributed by atoms with Crippen molar-refractivity contribution in [3.63, 3.8) is 0 Å². The first-order valence-electron chi connectivity index (χ1n) is 8.26. The molecular formula is C18H29IN4O2. The number of aliphatic imine (C=N–C) groups is 1. The SMILES string of the molecule is CN=C(NCc1cccc(N(C)C)c1)N1CC(C)C(C(=O)OC)C1.I. The van der Waals surface area contributed by atoms with E-state index in [1.165, 1.54) is 18.4 Å². The highest BCUT2D eigenvalue weighted by Crippen LogP contribution is 2.24. The van der Waals surface area contributed by atoms with Crippen LogP contribution in [0.2, 0.25) is 0 Å². The van der Waals surface area contributed by atoms with E-state index >= 15 is 0 Å². The topological polar surface area (TPSA) is 57.2 Å². The Hall–Kier alpha value is -1.51. The summed E-state index contributed by atoms with van der Waals surface area (Å²) in [5.41, 5.74) is 2.36. The fourth-order valence-corrected chi connectivity index (χ4v) is 3.06. The monoisotopic (exact) mass is 460 g/mol. The second-order valence-corrected chi connectivity index (χ2v) is 6.48. The minimum Gasteiger partial charge on any atom is -0.469 e. The number of esters is 1. The molecule has 0 radical (unpaired) electrons. The molecule has 1 fully saturated rings. The lowest BCUT2D eigenvalue weighted by Gasteiger charge is -2.22. The molecule has 0 aromatic heterocycles. The van der Waals surface area contributed by atoms with Crippen LogP contribution >= 0.6 is 24.0 Å². The molecule has 0 spiro atoms. The quantitative estimate of drug-likeness (QED) is 0.323. The molecule has 140 valence electrons. The van der Waals surface area contributed by atoms with Gasteiger partial charge in [-0.3, -0.25) is 9.79 Å². The Balaban J connectivity index is 0.00000312. The lowest BCUT2D eigenvalue weighted by Crippen LogP contribution is -2.40. The predicted molar refractivity (Wildman–Crippen MR) is 113 cm³/mol. The number of halogens is 1. The Bertz CT molecular complexity index is 606. The number of carbonyl (C=O) groups is 1. The summed E-state index contributed by atoms with van der Waals surface area (Å²) in [4.78, 5) is 20.4. The van der Waals surface area contributed by atoms with E-state index in [9.17, 15) is 4.79 Å². The van der Waals surface area contributed by atoms with Crippen molar-refractivity contribution >= 4 is 41.6 Å². The molecule has 0 bridgehead atoms. The fraction of sp³-hybridized carbons (Fsp3) is 0.556. The number of guanidine groups is 1. The number of nitrogens with one attached hydrogen (secondary N) is 1. The van der Waals surface area contributed by atoms with Gasteiger partial charge in [0.05, 0.1) is 13.0 Å². The molecule has 0 saturated carbocycles. The molecule has 6 nitrogen and oxygen atoms in total. The van der Waals surface area contributed by atoms with Crippen LogP contribution in [0.4, 0.5) is 5.69 Å². The van der Waals surface area contributed by atoms with Crippen molar-refractivity contribution in [2.75, 3.05) is 46.2 Å². The van der Waals surface area contributed by atoms with Crippen LogP contribution in [0.3, 0.4) is 0 Å². The van der Waals surface area contributed by atoms with E-state index in [-0.39, 0.29) is 41.8 Å². The molecule has 2 atom stereocenters. The Morgan fingerprint density at radius 2 is 2.12 bits per heavy atom. The number of hydrogen-bond donors (Lipinski definition) is 1. The van der Waals surface area contributed by atoms with Crippen molar-refractivity contribution in [1.82, 2.24) is 10.2 Å². The number of benzene rings is 1. The first kappa shape index (κ1) is 21.5. The van der Waals surface area contributed by atoms with Crippen LogP contribution < -0.4 is 10.2 Å². The fourth-order valence-electron chi connectivity index (χ4n) is 3.06. The summed E-state index contributed by atoms with van der Waals surface area (Å²) in [7, 11) is 7.28. The minimum absolute atomic E-state index is 0. The van der Waals surface area contributed by atoms with Crippen molar-refractivity contribution in [1.29, 1.82) is 0 Å². The van der Waals surface area contributed by atoms with Crippen LogP contribution in [0.1, 0.15) is 12.5 Å². The molecule has 2 rings (SSSR count). The van der Waals surface area contributed by atoms with Gasteiger partial charge in [-0.1, -0.05) is 19.1 Å². The van der Waals surface area contributed by atoms with E-state index in [4.69, 9.17) is 4.74 Å². The molecule has 0 amide bonds. The maximum absolute atomic E-state index is 11.8. The van der Waals surface area contributed by atoms with Gasteiger partial charge in [0.15, 0.2) is 5.96 Å². The smallest absolute Gasteiger partial charge is 0.310 e. The maximum Gasteiger partial charge on any atom is 0.310 e. The highest BCUT2D eigenvalue weighted by molar-refractivity contribution is 14.0. The van der Waals surface area contributed by atoms with Crippen molar-refractivity contribution in [3.05, 3.63) is 29.8 Å². The van der Waals surface area contributed by atoms with Gasteiger partial charge >= 0.3 is 5.97 Å². The number of nitrogens with zero attached hydrogens (tertiary/aromatic N) is 3. The Morgan fingerprint density at radius 3 is 2.72 bits per heavy atom. The molecule has 1 aromatic rings. The van der Waals surface area contributed by atoms with Crippen LogP contribution in [0.25, 0.3) is 0 Å². The predicted octanol–water partition coefficient (Wildman–Crippen LogP) is 2.19. The number of carbonyl (C=O) groups excluding carboxylic acids is 1. The standard InChI is InChI=1S/C18H28N4O2.HI/c1-13-11-22(12-16(13)17(23)24-5)18(19-2)20-10-14-7-6-8-15(9-14)21(3)4;/h6-9,13,16H,10-12H2,1-5H3,(H,19,20);1H. The number of likely N-dealkylation sites (tertiary alicyclic amines) is 1. The van der Waals surface area contributed by atoms with E-state index in [1.54, 1.807) is 7.05 Å². The van der Waals surface area contributed by atoms with Gasteiger partial charge in [-0.05, 0) is 23.6 Å². The molecule has 2 unspecified atom stereocenters. The average molecular weight is 460 g/mol. The third kappa shape index (κ3) is 5.49. The maximum atomic E-state index is 11.8. The van der Waals surface area contributed by atoms with Crippen LogP contribution in [-0.2, 0) is 16.1 Å². The lowest BCUT2D eigenvalue weighted by atomic mass is 9.99. The summed E-state index contributed by atoms with van der Waals surface area (Å²) in [6.45, 7) is 4.22. The summed E-state index contributed by atoms with van der Waals surface area (Å²) in [6, 6.07) is 8.39. The summed E-state index contributed by atoms with van der Waals surface area (Å²) in [6.07, 6.45) is 0. The second-order valence-electron chi connectivity index (χ2n) is 6.48. The van der Waals surface area contributed by atoms with E-state index in [0.717, 1.165) is 12.5 Å². The molecule has 7 heteroatoms. The number of methoxy groups -OCH3 is 1. The second kappa shape index (κ2) is 9.84. The van der Waals surface area contributed by atoms with Gasteiger partial charge in [0.25, 0.3) is 0 Å². The normalized spacial score (nSPS) is 20.0. The van der Waals surface area contributed by atoms with E-state index in [0.29, 0.717) is 13.1 Å². The largest absolute Gasteiger partial charge is 0.469 e. The third-order valence-electron chi connectivity index (χ3n) is 4.51. The summed E-state index contributed by atoms with van der Waals surface area (Å²) in [5, 5.41) is 3.40. The van der Waals surface area contributed by atoms with E-state index < -0.39 is 0 Å². The summed E-state index contributed by atoms with van der Waals surface area (Å²) < 4.78 is 4.90. The van der Waals surface area contributed by atoms with Crippen LogP contribution in [-0.4, -0.2) is 58.2 Å². The zero-order valence-electron chi connectivity index (χ0n) is 15.7.